The molecule has 1 rings (SSSR count). The van der Waals surface area contributed by atoms with Gasteiger partial charge in [-0.1, -0.05) is 36.8 Å². The zero-order valence-electron chi connectivity index (χ0n) is 21.1. The molecule has 0 aliphatic rings. The average Bonchev–Trinajstić information content (AvgIpc) is 2.78. The Labute approximate surface area is 207 Å². The third kappa shape index (κ3) is 16.0. The lowest BCUT2D eigenvalue weighted by Gasteiger charge is -2.23. The van der Waals surface area contributed by atoms with Crippen molar-refractivity contribution >= 4 is 24.0 Å². The van der Waals surface area contributed by atoms with Gasteiger partial charge in [0, 0.05) is 19.5 Å². The molecule has 0 saturated heterocycles. The molecule has 10 heteroatoms. The number of primary amides is 1. The minimum absolute atomic E-state index is 0.192. The molecule has 5 N–H and O–H groups in total. The van der Waals surface area contributed by atoms with Gasteiger partial charge in [0.15, 0.2) is 0 Å². The van der Waals surface area contributed by atoms with E-state index in [1.165, 1.54) is 0 Å². The summed E-state index contributed by atoms with van der Waals surface area (Å²) in [4.78, 5) is 47.4. The van der Waals surface area contributed by atoms with Gasteiger partial charge in [-0.2, -0.15) is 0 Å². The second-order valence-electron chi connectivity index (χ2n) is 9.25. The van der Waals surface area contributed by atoms with Gasteiger partial charge in [-0.25, -0.2) is 9.59 Å². The smallest absolute Gasteiger partial charge is 0.408 e. The van der Waals surface area contributed by atoms with E-state index in [2.05, 4.69) is 16.0 Å². The second kappa shape index (κ2) is 16.3. The van der Waals surface area contributed by atoms with Gasteiger partial charge < -0.3 is 31.2 Å². The number of hydrogen-bond donors (Lipinski definition) is 4. The molecule has 0 saturated carbocycles. The first kappa shape index (κ1) is 29.7. The molecule has 0 bridgehead atoms. The lowest BCUT2D eigenvalue weighted by molar-refractivity contribution is -0.123. The van der Waals surface area contributed by atoms with Gasteiger partial charge >= 0.3 is 12.2 Å². The summed E-state index contributed by atoms with van der Waals surface area (Å²) in [7, 11) is 0. The van der Waals surface area contributed by atoms with Gasteiger partial charge in [0.2, 0.25) is 11.8 Å². The number of nitrogens with one attached hydrogen (secondary N) is 3. The van der Waals surface area contributed by atoms with Crippen LogP contribution in [0.1, 0.15) is 71.3 Å². The van der Waals surface area contributed by atoms with Crippen molar-refractivity contribution in [2.24, 2.45) is 5.73 Å². The molecule has 0 unspecified atom stereocenters. The largest absolute Gasteiger partial charge is 0.445 e. The molecule has 4 amide bonds. The molecule has 0 aromatic heterocycles. The number of alkyl carbamates (subject to hydrolysis) is 2. The molecule has 0 radical (unpaired) electrons. The van der Waals surface area contributed by atoms with E-state index in [1.54, 1.807) is 20.8 Å². The zero-order chi connectivity index (χ0) is 26.1. The van der Waals surface area contributed by atoms with Crippen molar-refractivity contribution < 1.29 is 28.7 Å². The van der Waals surface area contributed by atoms with Gasteiger partial charge in [-0.15, -0.1) is 0 Å². The summed E-state index contributed by atoms with van der Waals surface area (Å²) in [5.74, 6) is -0.643. The van der Waals surface area contributed by atoms with Crippen molar-refractivity contribution in [2.45, 2.75) is 84.0 Å². The summed E-state index contributed by atoms with van der Waals surface area (Å²) in [5, 5.41) is 8.13. The highest BCUT2D eigenvalue weighted by Crippen LogP contribution is 2.09. The van der Waals surface area contributed by atoms with Crippen LogP contribution < -0.4 is 21.7 Å². The summed E-state index contributed by atoms with van der Waals surface area (Å²) in [6, 6.07) is 8.62. The quantitative estimate of drug-likeness (QED) is 0.276. The highest BCUT2D eigenvalue weighted by Gasteiger charge is 2.23. The highest BCUT2D eigenvalue weighted by atomic mass is 16.6. The predicted molar refractivity (Wildman–Crippen MR) is 132 cm³/mol. The van der Waals surface area contributed by atoms with Crippen LogP contribution in [-0.4, -0.2) is 48.7 Å². The maximum atomic E-state index is 12.6. The number of carbonyl (C=O) groups is 4. The summed E-state index contributed by atoms with van der Waals surface area (Å²) in [6.45, 7) is 6.24. The van der Waals surface area contributed by atoms with Crippen LogP contribution >= 0.6 is 0 Å². The van der Waals surface area contributed by atoms with E-state index < -0.39 is 23.8 Å². The van der Waals surface area contributed by atoms with E-state index in [1.807, 2.05) is 30.3 Å². The van der Waals surface area contributed by atoms with E-state index >= 15 is 0 Å². The van der Waals surface area contributed by atoms with E-state index in [-0.39, 0.29) is 18.4 Å². The molecule has 35 heavy (non-hydrogen) atoms. The van der Waals surface area contributed by atoms with Crippen LogP contribution in [0.25, 0.3) is 0 Å². The average molecular weight is 493 g/mol. The van der Waals surface area contributed by atoms with Crippen molar-refractivity contribution in [2.75, 3.05) is 13.1 Å². The fraction of sp³-hybridized carbons (Fsp3) is 0.600. The molecule has 1 atom stereocenters. The third-order valence-electron chi connectivity index (χ3n) is 4.81. The van der Waals surface area contributed by atoms with E-state index in [0.29, 0.717) is 51.6 Å². The molecule has 0 heterocycles. The standard InChI is InChI=1S/C25H40N4O6/c1-25(2,3)35-24(33)29-20(22(31)27-16-10-5-8-15-21(26)30)14-9-11-17-28-23(32)34-18-19-12-6-4-7-13-19/h4,6-7,12-13,20H,5,8-11,14-18H2,1-3H3,(H2,26,30)(H,27,31)(H,28,32)(H,29,33)/t20-/m0/s1. The Morgan fingerprint density at radius 1 is 0.886 bits per heavy atom. The number of nitrogens with two attached hydrogens (primary N) is 1. The Morgan fingerprint density at radius 3 is 2.20 bits per heavy atom. The Hall–Kier alpha value is -3.30. The Morgan fingerprint density at radius 2 is 1.54 bits per heavy atom. The van der Waals surface area contributed by atoms with E-state index in [0.717, 1.165) is 12.0 Å². The minimum Gasteiger partial charge on any atom is -0.445 e. The van der Waals surface area contributed by atoms with Crippen LogP contribution in [0.15, 0.2) is 30.3 Å². The minimum atomic E-state index is -0.763. The molecule has 0 aliphatic heterocycles. The van der Waals surface area contributed by atoms with Crippen LogP contribution in [0.3, 0.4) is 0 Å². The van der Waals surface area contributed by atoms with Gasteiger partial charge in [0.05, 0.1) is 0 Å². The van der Waals surface area contributed by atoms with Gasteiger partial charge in [0.25, 0.3) is 0 Å². The Balaban J connectivity index is 2.38. The van der Waals surface area contributed by atoms with E-state index in [4.69, 9.17) is 15.2 Å². The number of benzene rings is 1. The first-order valence-corrected chi connectivity index (χ1v) is 12.1. The fourth-order valence-corrected chi connectivity index (χ4v) is 3.09. The summed E-state index contributed by atoms with van der Waals surface area (Å²) >= 11 is 0. The van der Waals surface area contributed by atoms with Crippen LogP contribution in [0.4, 0.5) is 9.59 Å². The number of carbonyl (C=O) groups excluding carboxylic acids is 4. The maximum Gasteiger partial charge on any atom is 0.408 e. The van der Waals surface area contributed by atoms with Crippen LogP contribution in [0, 0.1) is 0 Å². The molecular formula is C25H40N4O6. The molecule has 196 valence electrons. The molecule has 0 aliphatic carbocycles. The lowest BCUT2D eigenvalue weighted by atomic mass is 10.1. The van der Waals surface area contributed by atoms with Gasteiger partial charge in [-0.3, -0.25) is 9.59 Å². The molecule has 0 spiro atoms. The highest BCUT2D eigenvalue weighted by molar-refractivity contribution is 5.85. The summed E-state index contributed by atoms with van der Waals surface area (Å²) in [6.07, 6.45) is 2.86. The summed E-state index contributed by atoms with van der Waals surface area (Å²) < 4.78 is 10.4. The molecule has 10 nitrogen and oxygen atoms in total. The number of ether oxygens (including phenoxy) is 2. The normalized spacial score (nSPS) is 11.7. The Bertz CT molecular complexity index is 795. The predicted octanol–water partition coefficient (Wildman–Crippen LogP) is 3.14. The lowest BCUT2D eigenvalue weighted by Crippen LogP contribution is -2.48. The SMILES string of the molecule is CC(C)(C)OC(=O)N[C@@H](CCCCNC(=O)OCc1ccccc1)C(=O)NCCCCCC(N)=O. The molecular weight excluding hydrogens is 452 g/mol. The van der Waals surface area contributed by atoms with Gasteiger partial charge in [0.1, 0.15) is 18.2 Å². The number of amides is 4. The molecule has 1 aromatic carbocycles. The number of rotatable bonds is 15. The van der Waals surface area contributed by atoms with Crippen LogP contribution in [0.5, 0.6) is 0 Å². The second-order valence-corrected chi connectivity index (χ2v) is 9.25. The van der Waals surface area contributed by atoms with Gasteiger partial charge in [-0.05, 0) is 58.4 Å². The van der Waals surface area contributed by atoms with Crippen LogP contribution in [0.2, 0.25) is 0 Å². The van der Waals surface area contributed by atoms with Crippen molar-refractivity contribution in [3.63, 3.8) is 0 Å². The first-order valence-electron chi connectivity index (χ1n) is 12.1. The Kier molecular flexibility index (Phi) is 13.9. The summed E-state index contributed by atoms with van der Waals surface area (Å²) in [5.41, 5.74) is 5.33. The maximum absolute atomic E-state index is 12.6. The van der Waals surface area contributed by atoms with Crippen molar-refractivity contribution in [3.05, 3.63) is 35.9 Å². The topological polar surface area (TPSA) is 149 Å². The van der Waals surface area contributed by atoms with E-state index in [9.17, 15) is 19.2 Å². The van der Waals surface area contributed by atoms with Crippen LogP contribution in [-0.2, 0) is 25.7 Å². The fourth-order valence-electron chi connectivity index (χ4n) is 3.09. The molecule has 1 aromatic rings. The van der Waals surface area contributed by atoms with Crippen molar-refractivity contribution in [1.29, 1.82) is 0 Å². The monoisotopic (exact) mass is 492 g/mol. The third-order valence-corrected chi connectivity index (χ3v) is 4.81. The molecule has 0 fully saturated rings. The van der Waals surface area contributed by atoms with Crippen molar-refractivity contribution in [1.82, 2.24) is 16.0 Å². The zero-order valence-corrected chi connectivity index (χ0v) is 21.1. The number of unbranched alkanes of at least 4 members (excludes halogenated alkanes) is 3. The van der Waals surface area contributed by atoms with Crippen molar-refractivity contribution in [3.8, 4) is 0 Å². The number of hydrogen-bond acceptors (Lipinski definition) is 6. The first-order chi connectivity index (χ1) is 16.6.